The molecule has 2 heterocycles. The maximum absolute atomic E-state index is 12.5. The van der Waals surface area contributed by atoms with Crippen molar-refractivity contribution in [3.05, 3.63) is 0 Å². The van der Waals surface area contributed by atoms with Crippen molar-refractivity contribution in [1.29, 1.82) is 0 Å². The summed E-state index contributed by atoms with van der Waals surface area (Å²) in [7, 11) is 0. The summed E-state index contributed by atoms with van der Waals surface area (Å²) in [5, 5.41) is 3.07. The van der Waals surface area contributed by atoms with E-state index < -0.39 is 0 Å². The molecule has 0 saturated carbocycles. The molecule has 0 unspecified atom stereocenters. The van der Waals surface area contributed by atoms with Gasteiger partial charge in [0, 0.05) is 56.8 Å². The highest BCUT2D eigenvalue weighted by molar-refractivity contribution is 5.82. The molecule has 0 bridgehead atoms. The fourth-order valence-electron chi connectivity index (χ4n) is 3.27. The maximum Gasteiger partial charge on any atom is 0.317 e. The van der Waals surface area contributed by atoms with Gasteiger partial charge in [0.25, 0.3) is 0 Å². The van der Waals surface area contributed by atoms with E-state index in [4.69, 9.17) is 4.74 Å². The first-order chi connectivity index (χ1) is 11.6. The van der Waals surface area contributed by atoms with E-state index >= 15 is 0 Å². The van der Waals surface area contributed by atoms with Gasteiger partial charge in [0.1, 0.15) is 0 Å². The minimum Gasteiger partial charge on any atom is -0.379 e. The first-order valence-electron chi connectivity index (χ1n) is 9.26. The number of hydrogen-bond donors (Lipinski definition) is 1. The number of carbonyl (C=O) groups is 2. The Bertz CT molecular complexity index is 473. The minimum atomic E-state index is -0.368. The monoisotopic (exact) mass is 354 g/mol. The predicted molar refractivity (Wildman–Crippen MR) is 97.5 cm³/mol. The standard InChI is InChI=1S/C18H34N4O3/c1-17(2,3)15(23)20-6-8-21(9-7-20)16(24)19-14-18(4,5)22-10-12-25-13-11-22/h6-14H2,1-5H3,(H,19,24). The molecule has 144 valence electrons. The number of rotatable bonds is 3. The second-order valence-electron chi connectivity index (χ2n) is 8.60. The molecule has 2 rings (SSSR count). The lowest BCUT2D eigenvalue weighted by molar-refractivity contribution is -0.140. The molecule has 2 saturated heterocycles. The van der Waals surface area contributed by atoms with Crippen molar-refractivity contribution in [2.45, 2.75) is 40.2 Å². The molecular formula is C18H34N4O3. The van der Waals surface area contributed by atoms with Crippen molar-refractivity contribution in [1.82, 2.24) is 20.0 Å². The molecule has 0 atom stereocenters. The highest BCUT2D eigenvalue weighted by Crippen LogP contribution is 2.19. The summed E-state index contributed by atoms with van der Waals surface area (Å²) in [4.78, 5) is 30.8. The van der Waals surface area contributed by atoms with E-state index in [0.29, 0.717) is 32.7 Å². The minimum absolute atomic E-state index is 0.0378. The lowest BCUT2D eigenvalue weighted by Crippen LogP contribution is -2.59. The second-order valence-corrected chi connectivity index (χ2v) is 8.60. The quantitative estimate of drug-likeness (QED) is 0.821. The van der Waals surface area contributed by atoms with Crippen LogP contribution in [0.3, 0.4) is 0 Å². The molecule has 2 aliphatic heterocycles. The zero-order valence-electron chi connectivity index (χ0n) is 16.4. The van der Waals surface area contributed by atoms with Crippen molar-refractivity contribution >= 4 is 11.9 Å². The third kappa shape index (κ3) is 5.31. The van der Waals surface area contributed by atoms with E-state index in [0.717, 1.165) is 26.3 Å². The van der Waals surface area contributed by atoms with E-state index in [1.807, 2.05) is 30.6 Å². The van der Waals surface area contributed by atoms with Crippen LogP contribution in [0.4, 0.5) is 4.79 Å². The number of urea groups is 1. The van der Waals surface area contributed by atoms with Gasteiger partial charge in [-0.25, -0.2) is 4.79 Å². The Hall–Kier alpha value is -1.34. The molecule has 3 amide bonds. The third-order valence-electron chi connectivity index (χ3n) is 5.04. The summed E-state index contributed by atoms with van der Waals surface area (Å²) >= 11 is 0. The topological polar surface area (TPSA) is 65.1 Å². The van der Waals surface area contributed by atoms with E-state index in [9.17, 15) is 9.59 Å². The highest BCUT2D eigenvalue weighted by atomic mass is 16.5. The number of nitrogens with one attached hydrogen (secondary N) is 1. The molecule has 0 aromatic heterocycles. The number of nitrogens with zero attached hydrogens (tertiary/aromatic N) is 3. The summed E-state index contributed by atoms with van der Waals surface area (Å²) in [6, 6.07) is -0.0378. The molecule has 2 fully saturated rings. The molecule has 1 N–H and O–H groups in total. The zero-order chi connectivity index (χ0) is 18.7. The van der Waals surface area contributed by atoms with Crippen LogP contribution in [0.15, 0.2) is 0 Å². The summed E-state index contributed by atoms with van der Waals surface area (Å²) in [5.74, 6) is 0.154. The summed E-state index contributed by atoms with van der Waals surface area (Å²) < 4.78 is 5.40. The fourth-order valence-corrected chi connectivity index (χ4v) is 3.27. The first-order valence-corrected chi connectivity index (χ1v) is 9.26. The Morgan fingerprint density at radius 2 is 1.40 bits per heavy atom. The number of piperazine rings is 1. The third-order valence-corrected chi connectivity index (χ3v) is 5.04. The molecule has 0 radical (unpaired) electrons. The van der Waals surface area contributed by atoms with Gasteiger partial charge < -0.3 is 19.9 Å². The van der Waals surface area contributed by atoms with Crippen molar-refractivity contribution in [3.63, 3.8) is 0 Å². The summed E-state index contributed by atoms with van der Waals surface area (Å²) in [5.41, 5.74) is -0.462. The Morgan fingerprint density at radius 3 is 1.92 bits per heavy atom. The highest BCUT2D eigenvalue weighted by Gasteiger charge is 2.32. The van der Waals surface area contributed by atoms with Gasteiger partial charge >= 0.3 is 6.03 Å². The van der Waals surface area contributed by atoms with Crippen molar-refractivity contribution in [3.8, 4) is 0 Å². The van der Waals surface area contributed by atoms with Crippen LogP contribution in [0.5, 0.6) is 0 Å². The number of amides is 3. The van der Waals surface area contributed by atoms with Gasteiger partial charge in [0.05, 0.1) is 13.2 Å². The van der Waals surface area contributed by atoms with Gasteiger partial charge in [0.15, 0.2) is 0 Å². The fraction of sp³-hybridized carbons (Fsp3) is 0.889. The number of morpholine rings is 1. The van der Waals surface area contributed by atoms with Crippen LogP contribution in [0.1, 0.15) is 34.6 Å². The molecule has 2 aliphatic rings. The van der Waals surface area contributed by atoms with Gasteiger partial charge in [-0.15, -0.1) is 0 Å². The van der Waals surface area contributed by atoms with Crippen LogP contribution in [-0.2, 0) is 9.53 Å². The Kier molecular flexibility index (Phi) is 6.32. The molecule has 0 aliphatic carbocycles. The van der Waals surface area contributed by atoms with Gasteiger partial charge in [0.2, 0.25) is 5.91 Å². The zero-order valence-corrected chi connectivity index (χ0v) is 16.4. The van der Waals surface area contributed by atoms with Crippen LogP contribution in [0, 0.1) is 5.41 Å². The molecule has 7 nitrogen and oxygen atoms in total. The predicted octanol–water partition coefficient (Wildman–Crippen LogP) is 0.997. The molecular weight excluding hydrogens is 320 g/mol. The van der Waals surface area contributed by atoms with Gasteiger partial charge in [-0.1, -0.05) is 20.8 Å². The number of hydrogen-bond acceptors (Lipinski definition) is 4. The van der Waals surface area contributed by atoms with Crippen LogP contribution in [0.2, 0.25) is 0 Å². The van der Waals surface area contributed by atoms with Crippen molar-refractivity contribution in [2.24, 2.45) is 5.41 Å². The average molecular weight is 354 g/mol. The molecule has 7 heteroatoms. The van der Waals surface area contributed by atoms with E-state index in [1.165, 1.54) is 0 Å². The van der Waals surface area contributed by atoms with Crippen molar-refractivity contribution in [2.75, 3.05) is 59.0 Å². The van der Waals surface area contributed by atoms with E-state index in [2.05, 4.69) is 24.1 Å². The molecule has 25 heavy (non-hydrogen) atoms. The first kappa shape index (κ1) is 20.0. The van der Waals surface area contributed by atoms with Gasteiger partial charge in [-0.3, -0.25) is 9.69 Å². The lowest BCUT2D eigenvalue weighted by Gasteiger charge is -2.42. The number of carbonyl (C=O) groups excluding carboxylic acids is 2. The second kappa shape index (κ2) is 7.91. The van der Waals surface area contributed by atoms with Gasteiger partial charge in [-0.2, -0.15) is 0 Å². The Labute approximate surface area is 151 Å². The average Bonchev–Trinajstić information content (AvgIpc) is 2.59. The number of ether oxygens (including phenoxy) is 1. The largest absolute Gasteiger partial charge is 0.379 e. The van der Waals surface area contributed by atoms with Gasteiger partial charge in [-0.05, 0) is 13.8 Å². The van der Waals surface area contributed by atoms with Crippen molar-refractivity contribution < 1.29 is 14.3 Å². The molecule has 0 aromatic carbocycles. The van der Waals surface area contributed by atoms with Crippen LogP contribution < -0.4 is 5.32 Å². The Balaban J connectivity index is 1.78. The van der Waals surface area contributed by atoms with Crippen LogP contribution in [-0.4, -0.2) is 91.2 Å². The smallest absolute Gasteiger partial charge is 0.317 e. The van der Waals surface area contributed by atoms with Crippen LogP contribution in [0.25, 0.3) is 0 Å². The van der Waals surface area contributed by atoms with E-state index in [1.54, 1.807) is 0 Å². The summed E-state index contributed by atoms with van der Waals surface area (Å²) in [6.45, 7) is 16.4. The van der Waals surface area contributed by atoms with E-state index in [-0.39, 0.29) is 22.9 Å². The van der Waals surface area contributed by atoms with Crippen LogP contribution >= 0.6 is 0 Å². The molecule has 0 aromatic rings. The summed E-state index contributed by atoms with van der Waals surface area (Å²) in [6.07, 6.45) is 0. The SMILES string of the molecule is CC(C)(C)C(=O)N1CCN(C(=O)NCC(C)(C)N2CCOCC2)CC1. The Morgan fingerprint density at radius 1 is 0.880 bits per heavy atom. The maximum atomic E-state index is 12.5. The normalized spacial score (nSPS) is 20.5. The molecule has 0 spiro atoms. The lowest BCUT2D eigenvalue weighted by atomic mass is 9.94.